The second-order valence-corrected chi connectivity index (χ2v) is 4.02. The van der Waals surface area contributed by atoms with Crippen molar-refractivity contribution in [2.75, 3.05) is 0 Å². The lowest BCUT2D eigenvalue weighted by atomic mass is 10.1. The number of ether oxygens (including phenoxy) is 1. The Kier molecular flexibility index (Phi) is 2.80. The summed E-state index contributed by atoms with van der Waals surface area (Å²) in [6, 6.07) is 9.63. The summed E-state index contributed by atoms with van der Waals surface area (Å²) in [5.41, 5.74) is 0. The number of hydrogen-bond donors (Lipinski definition) is 0. The van der Waals surface area contributed by atoms with E-state index in [0.29, 0.717) is 5.39 Å². The minimum Gasteiger partial charge on any atom is -0.406 e. The Morgan fingerprint density at radius 3 is 2.50 bits per heavy atom. The van der Waals surface area contributed by atoms with Gasteiger partial charge in [-0.15, -0.1) is 13.2 Å². The highest BCUT2D eigenvalue weighted by Gasteiger charge is 2.31. The first kappa shape index (κ1) is 11.3. The van der Waals surface area contributed by atoms with Crippen molar-refractivity contribution in [1.29, 1.82) is 0 Å². The molecule has 0 heterocycles. The molecule has 0 aliphatic rings. The Morgan fingerprint density at radius 2 is 1.81 bits per heavy atom. The molecule has 2 rings (SSSR count). The Bertz CT molecular complexity index is 522. The van der Waals surface area contributed by atoms with Crippen LogP contribution in [0.4, 0.5) is 13.2 Å². The Labute approximate surface area is 98.0 Å². The predicted octanol–water partition coefficient (Wildman–Crippen LogP) is 4.50. The van der Waals surface area contributed by atoms with Crippen LogP contribution in [0.3, 0.4) is 0 Å². The molecule has 0 radical (unpaired) electrons. The number of halogens is 4. The van der Waals surface area contributed by atoms with Crippen molar-refractivity contribution >= 4 is 26.7 Å². The molecule has 0 aliphatic carbocycles. The fourth-order valence-corrected chi connectivity index (χ4v) is 1.91. The van der Waals surface area contributed by atoms with Crippen molar-refractivity contribution in [1.82, 2.24) is 0 Å². The van der Waals surface area contributed by atoms with Crippen LogP contribution >= 0.6 is 15.9 Å². The fraction of sp³-hybridized carbons (Fsp3) is 0.0909. The molecule has 1 nitrogen and oxygen atoms in total. The molecular weight excluding hydrogens is 285 g/mol. The van der Waals surface area contributed by atoms with E-state index in [4.69, 9.17) is 0 Å². The molecule has 2 aromatic carbocycles. The first-order valence-corrected chi connectivity index (χ1v) is 5.19. The van der Waals surface area contributed by atoms with E-state index in [9.17, 15) is 13.2 Å². The van der Waals surface area contributed by atoms with E-state index < -0.39 is 6.36 Å². The van der Waals surface area contributed by atoms with E-state index in [0.717, 1.165) is 9.86 Å². The third-order valence-electron chi connectivity index (χ3n) is 2.03. The van der Waals surface area contributed by atoms with Gasteiger partial charge in [-0.25, -0.2) is 0 Å². The zero-order chi connectivity index (χ0) is 11.8. The van der Waals surface area contributed by atoms with Gasteiger partial charge in [-0.05, 0) is 29.0 Å². The van der Waals surface area contributed by atoms with Crippen molar-refractivity contribution in [2.24, 2.45) is 0 Å². The molecule has 0 aromatic heterocycles. The summed E-state index contributed by atoms with van der Waals surface area (Å²) in [5.74, 6) is -0.216. The lowest BCUT2D eigenvalue weighted by Gasteiger charge is -2.09. The molecule has 0 saturated carbocycles. The summed E-state index contributed by atoms with van der Waals surface area (Å²) in [7, 11) is 0. The molecule has 0 N–H and O–H groups in total. The van der Waals surface area contributed by atoms with Gasteiger partial charge < -0.3 is 4.74 Å². The summed E-state index contributed by atoms with van der Waals surface area (Å²) >= 11 is 3.27. The normalized spacial score (nSPS) is 11.8. The molecule has 84 valence electrons. The molecule has 0 fully saturated rings. The van der Waals surface area contributed by atoms with Gasteiger partial charge in [0.25, 0.3) is 0 Å². The van der Waals surface area contributed by atoms with Crippen LogP contribution in [0.15, 0.2) is 40.9 Å². The second-order valence-electron chi connectivity index (χ2n) is 3.17. The number of rotatable bonds is 1. The summed E-state index contributed by atoms with van der Waals surface area (Å²) < 4.78 is 40.6. The average Bonchev–Trinajstić information content (AvgIpc) is 2.17. The van der Waals surface area contributed by atoms with Crippen LogP contribution in [0.5, 0.6) is 5.75 Å². The van der Waals surface area contributed by atoms with E-state index in [2.05, 4.69) is 20.7 Å². The minimum absolute atomic E-state index is 0.216. The van der Waals surface area contributed by atoms with Crippen molar-refractivity contribution in [3.63, 3.8) is 0 Å². The molecule has 0 amide bonds. The van der Waals surface area contributed by atoms with Crippen LogP contribution in [0, 0.1) is 0 Å². The van der Waals surface area contributed by atoms with Gasteiger partial charge in [0, 0.05) is 4.47 Å². The lowest BCUT2D eigenvalue weighted by Crippen LogP contribution is -2.16. The maximum atomic E-state index is 12.0. The molecular formula is C11H6BrF3O. The zero-order valence-electron chi connectivity index (χ0n) is 7.88. The van der Waals surface area contributed by atoms with Crippen LogP contribution in [0.1, 0.15) is 0 Å². The highest BCUT2D eigenvalue weighted by Crippen LogP contribution is 2.30. The van der Waals surface area contributed by atoms with Gasteiger partial charge in [-0.2, -0.15) is 0 Å². The van der Waals surface area contributed by atoms with Gasteiger partial charge in [0.1, 0.15) is 5.75 Å². The lowest BCUT2D eigenvalue weighted by molar-refractivity contribution is -0.274. The number of benzene rings is 2. The van der Waals surface area contributed by atoms with Gasteiger partial charge in [0.05, 0.1) is 0 Å². The van der Waals surface area contributed by atoms with Crippen molar-refractivity contribution in [3.8, 4) is 5.75 Å². The molecule has 0 aliphatic heterocycles. The standard InChI is InChI=1S/C11H6BrF3O/c12-10-3-1-2-7-4-5-8(6-9(7)10)16-11(13,14)15/h1-6H. The summed E-state index contributed by atoms with van der Waals surface area (Å²) in [6.45, 7) is 0. The molecule has 0 saturated heterocycles. The second kappa shape index (κ2) is 3.97. The van der Waals surface area contributed by atoms with Gasteiger partial charge in [0.15, 0.2) is 0 Å². The van der Waals surface area contributed by atoms with E-state index in [1.54, 1.807) is 12.1 Å². The predicted molar refractivity (Wildman–Crippen MR) is 58.3 cm³/mol. The number of alkyl halides is 3. The maximum absolute atomic E-state index is 12.0. The third kappa shape index (κ3) is 2.47. The highest BCUT2D eigenvalue weighted by molar-refractivity contribution is 9.10. The third-order valence-corrected chi connectivity index (χ3v) is 2.73. The van der Waals surface area contributed by atoms with Gasteiger partial charge in [-0.1, -0.05) is 34.1 Å². The number of hydrogen-bond acceptors (Lipinski definition) is 1. The molecule has 0 spiro atoms. The summed E-state index contributed by atoms with van der Waals surface area (Å²) in [4.78, 5) is 0. The SMILES string of the molecule is FC(F)(F)Oc1ccc2cccc(Br)c2c1. The van der Waals surface area contributed by atoms with Crippen LogP contribution in [-0.4, -0.2) is 6.36 Å². The molecule has 0 bridgehead atoms. The zero-order valence-corrected chi connectivity index (χ0v) is 9.47. The molecule has 0 atom stereocenters. The topological polar surface area (TPSA) is 9.23 Å². The van der Waals surface area contributed by atoms with E-state index in [1.165, 1.54) is 12.1 Å². The van der Waals surface area contributed by atoms with E-state index >= 15 is 0 Å². The van der Waals surface area contributed by atoms with E-state index in [-0.39, 0.29) is 5.75 Å². The van der Waals surface area contributed by atoms with Gasteiger partial charge in [-0.3, -0.25) is 0 Å². The van der Waals surface area contributed by atoms with Crippen molar-refractivity contribution in [3.05, 3.63) is 40.9 Å². The Morgan fingerprint density at radius 1 is 1.06 bits per heavy atom. The van der Waals surface area contributed by atoms with Crippen LogP contribution in [0.2, 0.25) is 0 Å². The average molecular weight is 291 g/mol. The number of fused-ring (bicyclic) bond motifs is 1. The Balaban J connectivity index is 2.47. The Hall–Kier alpha value is -1.23. The minimum atomic E-state index is -4.66. The van der Waals surface area contributed by atoms with Crippen molar-refractivity contribution in [2.45, 2.75) is 6.36 Å². The van der Waals surface area contributed by atoms with Crippen LogP contribution in [0.25, 0.3) is 10.8 Å². The van der Waals surface area contributed by atoms with Crippen LogP contribution in [-0.2, 0) is 0 Å². The molecule has 16 heavy (non-hydrogen) atoms. The summed E-state index contributed by atoms with van der Waals surface area (Å²) in [5, 5.41) is 1.54. The maximum Gasteiger partial charge on any atom is 0.573 e. The largest absolute Gasteiger partial charge is 0.573 e. The summed E-state index contributed by atoms with van der Waals surface area (Å²) in [6.07, 6.45) is -4.66. The van der Waals surface area contributed by atoms with Crippen molar-refractivity contribution < 1.29 is 17.9 Å². The molecule has 5 heteroatoms. The monoisotopic (exact) mass is 290 g/mol. The first-order chi connectivity index (χ1) is 7.46. The quantitative estimate of drug-likeness (QED) is 0.751. The molecule has 0 unspecified atom stereocenters. The van der Waals surface area contributed by atoms with Crippen LogP contribution < -0.4 is 4.74 Å². The smallest absolute Gasteiger partial charge is 0.406 e. The van der Waals surface area contributed by atoms with Gasteiger partial charge >= 0.3 is 6.36 Å². The molecule has 2 aromatic rings. The fourth-order valence-electron chi connectivity index (χ4n) is 1.41. The first-order valence-electron chi connectivity index (χ1n) is 4.40. The van der Waals surface area contributed by atoms with E-state index in [1.807, 2.05) is 12.1 Å². The highest BCUT2D eigenvalue weighted by atomic mass is 79.9. The van der Waals surface area contributed by atoms with Gasteiger partial charge in [0.2, 0.25) is 0 Å².